The van der Waals surface area contributed by atoms with Gasteiger partial charge in [0.25, 0.3) is 11.8 Å². The SMILES string of the molecule is O=C1CCC(N2C(=O)c3cc4c(cc3C2=O)CN(C(=O)CN2CCC3(CC2)CCN(c2ccc([C@@H]5c6ccc(O[B]O)cc6CC[C@@H]5c5ccccc5)cc2)CC3)C4)C(=O)N1. The molecular weight excluding hydrogens is 769 g/mol. The van der Waals surface area contributed by atoms with Crippen LogP contribution in [0.4, 0.5) is 5.69 Å². The van der Waals surface area contributed by atoms with Crippen LogP contribution in [-0.4, -0.2) is 95.7 Å². The maximum absolute atomic E-state index is 13.6. The van der Waals surface area contributed by atoms with Gasteiger partial charge in [-0.05, 0) is 139 Å². The van der Waals surface area contributed by atoms with Crippen LogP contribution in [0.3, 0.4) is 0 Å². The molecule has 0 bridgehead atoms. The number of benzene rings is 4. The summed E-state index contributed by atoms with van der Waals surface area (Å²) in [6, 6.07) is 28.6. The molecule has 311 valence electrons. The number of aryl methyl sites for hydroxylation is 1. The van der Waals surface area contributed by atoms with Gasteiger partial charge in [-0.25, -0.2) is 0 Å². The monoisotopic (exact) mass is 818 g/mol. The number of hydrogen-bond donors (Lipinski definition) is 2. The predicted octanol–water partition coefficient (Wildman–Crippen LogP) is 5.08. The number of hydrogen-bond acceptors (Lipinski definition) is 9. The molecule has 5 aliphatic heterocycles. The zero-order valence-corrected chi connectivity index (χ0v) is 34.2. The van der Waals surface area contributed by atoms with E-state index in [0.717, 1.165) is 88.4 Å². The van der Waals surface area contributed by atoms with E-state index in [4.69, 9.17) is 4.65 Å². The van der Waals surface area contributed by atoms with E-state index in [1.165, 1.54) is 27.9 Å². The van der Waals surface area contributed by atoms with Crippen molar-refractivity contribution in [3.63, 3.8) is 0 Å². The molecule has 61 heavy (non-hydrogen) atoms. The number of carbonyl (C=O) groups excluding carboxylic acids is 5. The number of nitrogens with one attached hydrogen (secondary N) is 1. The highest BCUT2D eigenvalue weighted by molar-refractivity contribution is 6.23. The molecule has 10 rings (SSSR count). The highest BCUT2D eigenvalue weighted by atomic mass is 16.5. The molecule has 1 radical (unpaired) electrons. The zero-order chi connectivity index (χ0) is 41.8. The molecule has 3 atom stereocenters. The fourth-order valence-electron chi connectivity index (χ4n) is 11.1. The Bertz CT molecular complexity index is 2360. The van der Waals surface area contributed by atoms with Gasteiger partial charge in [0.05, 0.1) is 17.7 Å². The van der Waals surface area contributed by atoms with E-state index in [0.29, 0.717) is 31.3 Å². The molecule has 3 saturated heterocycles. The van der Waals surface area contributed by atoms with Gasteiger partial charge in [0.1, 0.15) is 11.8 Å². The van der Waals surface area contributed by atoms with Gasteiger partial charge in [-0.15, -0.1) is 0 Å². The third kappa shape index (κ3) is 7.31. The maximum Gasteiger partial charge on any atom is 0.569 e. The molecule has 2 N–H and O–H groups in total. The Balaban J connectivity index is 0.733. The number of anilines is 1. The first-order valence-corrected chi connectivity index (χ1v) is 21.7. The quantitative estimate of drug-likeness (QED) is 0.184. The number of amides is 5. The number of piperidine rings is 3. The Morgan fingerprint density at radius 3 is 2.08 bits per heavy atom. The van der Waals surface area contributed by atoms with Gasteiger partial charge in [-0.3, -0.25) is 39.1 Å². The number of fused-ring (bicyclic) bond motifs is 3. The number of likely N-dealkylation sites (tertiary alicyclic amines) is 1. The van der Waals surface area contributed by atoms with Crippen LogP contribution >= 0.6 is 0 Å². The third-order valence-electron chi connectivity index (χ3n) is 14.5. The van der Waals surface area contributed by atoms with Gasteiger partial charge in [0, 0.05) is 44.2 Å². The Kier molecular flexibility index (Phi) is 10.3. The number of nitrogens with zero attached hydrogens (tertiary/aromatic N) is 4. The smallest absolute Gasteiger partial charge is 0.537 e. The van der Waals surface area contributed by atoms with Gasteiger partial charge in [-0.2, -0.15) is 0 Å². The summed E-state index contributed by atoms with van der Waals surface area (Å²) in [5.74, 6) is -0.828. The van der Waals surface area contributed by atoms with E-state index in [1.807, 2.05) is 6.07 Å². The Hall–Kier alpha value is -5.79. The van der Waals surface area contributed by atoms with Crippen molar-refractivity contribution in [2.45, 2.75) is 82.3 Å². The minimum Gasteiger partial charge on any atom is -0.537 e. The van der Waals surface area contributed by atoms with Crippen molar-refractivity contribution in [2.75, 3.05) is 37.6 Å². The van der Waals surface area contributed by atoms with Gasteiger partial charge < -0.3 is 19.5 Å². The summed E-state index contributed by atoms with van der Waals surface area (Å²) in [4.78, 5) is 72.0. The first-order valence-electron chi connectivity index (χ1n) is 21.7. The zero-order valence-electron chi connectivity index (χ0n) is 34.2. The molecule has 0 saturated carbocycles. The average molecular weight is 819 g/mol. The van der Waals surface area contributed by atoms with Crippen molar-refractivity contribution < 1.29 is 33.7 Å². The van der Waals surface area contributed by atoms with Crippen LogP contribution < -0.4 is 14.9 Å². The molecule has 0 aromatic heterocycles. The predicted molar refractivity (Wildman–Crippen MR) is 228 cm³/mol. The van der Waals surface area contributed by atoms with Crippen molar-refractivity contribution in [1.29, 1.82) is 0 Å². The lowest BCUT2D eigenvalue weighted by Crippen LogP contribution is -2.54. The second kappa shape index (κ2) is 15.9. The van der Waals surface area contributed by atoms with Crippen LogP contribution in [0.1, 0.15) is 111 Å². The van der Waals surface area contributed by atoms with Crippen LogP contribution in [0.2, 0.25) is 0 Å². The van der Waals surface area contributed by atoms with Crippen molar-refractivity contribution >= 4 is 42.9 Å². The van der Waals surface area contributed by atoms with E-state index >= 15 is 0 Å². The molecule has 1 spiro atoms. The van der Waals surface area contributed by atoms with Crippen LogP contribution in [0.15, 0.2) is 84.9 Å². The van der Waals surface area contributed by atoms with E-state index in [-0.39, 0.29) is 41.2 Å². The summed E-state index contributed by atoms with van der Waals surface area (Å²) in [6.45, 7) is 4.87. The molecule has 1 unspecified atom stereocenters. The number of carbonyl (C=O) groups is 5. The minimum atomic E-state index is -1.00. The Morgan fingerprint density at radius 2 is 1.43 bits per heavy atom. The molecule has 1 aliphatic carbocycles. The van der Waals surface area contributed by atoms with Gasteiger partial charge in [0.15, 0.2) is 0 Å². The van der Waals surface area contributed by atoms with Crippen molar-refractivity contribution in [3.05, 3.63) is 129 Å². The van der Waals surface area contributed by atoms with Gasteiger partial charge in [0.2, 0.25) is 17.7 Å². The lowest BCUT2D eigenvalue weighted by molar-refractivity contribution is -0.136. The second-order valence-corrected chi connectivity index (χ2v) is 17.8. The maximum atomic E-state index is 13.6. The second-order valence-electron chi connectivity index (χ2n) is 17.8. The fourth-order valence-corrected chi connectivity index (χ4v) is 11.1. The molecule has 13 heteroatoms. The molecule has 5 amide bonds. The summed E-state index contributed by atoms with van der Waals surface area (Å²) >= 11 is 0. The Morgan fingerprint density at radius 1 is 0.754 bits per heavy atom. The van der Waals surface area contributed by atoms with Crippen LogP contribution in [0.25, 0.3) is 0 Å². The summed E-state index contributed by atoms with van der Waals surface area (Å²) in [7, 11) is 0.741. The summed E-state index contributed by atoms with van der Waals surface area (Å²) in [5.41, 5.74) is 8.97. The first kappa shape index (κ1) is 39.4. The summed E-state index contributed by atoms with van der Waals surface area (Å²) in [5, 5.41) is 11.5. The van der Waals surface area contributed by atoms with Crippen molar-refractivity contribution in [3.8, 4) is 5.75 Å². The molecule has 3 fully saturated rings. The number of imide groups is 2. The summed E-state index contributed by atoms with van der Waals surface area (Å²) in [6.07, 6.45) is 6.57. The third-order valence-corrected chi connectivity index (χ3v) is 14.5. The fraction of sp³-hybridized carbons (Fsp3) is 0.396. The summed E-state index contributed by atoms with van der Waals surface area (Å²) < 4.78 is 5.31. The van der Waals surface area contributed by atoms with Crippen LogP contribution in [0.5, 0.6) is 5.75 Å². The molecule has 6 aliphatic rings. The molecular formula is C48H49BN5O7. The van der Waals surface area contributed by atoms with Crippen LogP contribution in [0, 0.1) is 5.41 Å². The van der Waals surface area contributed by atoms with E-state index in [2.05, 4.69) is 81.8 Å². The van der Waals surface area contributed by atoms with Crippen molar-refractivity contribution in [1.82, 2.24) is 20.0 Å². The molecule has 4 aromatic rings. The molecule has 5 heterocycles. The highest BCUT2D eigenvalue weighted by Crippen LogP contribution is 2.48. The molecule has 4 aromatic carbocycles. The normalized spacial score (nSPS) is 23.4. The van der Waals surface area contributed by atoms with Gasteiger partial charge >= 0.3 is 7.69 Å². The standard InChI is InChI=1S/C48H49BN5O7/c55-42-15-14-41(45(57)50-42)54-46(58)39-25-33-27-53(28-34(33)26-40(39)47(54)59)43(56)29-51-20-16-48(17-21-51)18-22-52(23-19-48)35-9-6-31(7-10-35)44-37(30-4-2-1-3-5-30)12-8-32-24-36(61-49-60)11-13-38(32)44/h1-7,9-11,13,24-26,37,41,44,60H,8,12,14-23,27-29H2,(H,50,55,57)/t37-,41?,44+/m1/s1. The topological polar surface area (TPSA) is 140 Å². The molecule has 12 nitrogen and oxygen atoms in total. The van der Waals surface area contributed by atoms with Crippen molar-refractivity contribution in [2.24, 2.45) is 5.41 Å². The average Bonchev–Trinajstić information content (AvgIpc) is 3.81. The van der Waals surface area contributed by atoms with E-state index in [1.54, 1.807) is 17.0 Å². The highest BCUT2D eigenvalue weighted by Gasteiger charge is 2.46. The van der Waals surface area contributed by atoms with Gasteiger partial charge in [-0.1, -0.05) is 48.5 Å². The number of rotatable bonds is 8. The lowest BCUT2D eigenvalue weighted by atomic mass is 9.69. The lowest BCUT2D eigenvalue weighted by Gasteiger charge is -2.47. The first-order chi connectivity index (χ1) is 29.7. The van der Waals surface area contributed by atoms with E-state index in [9.17, 15) is 29.0 Å². The van der Waals surface area contributed by atoms with Crippen LogP contribution in [-0.2, 0) is 33.9 Å². The van der Waals surface area contributed by atoms with E-state index < -0.39 is 29.7 Å². The minimum absolute atomic E-state index is 0.0410. The largest absolute Gasteiger partial charge is 0.569 e. The Labute approximate surface area is 356 Å².